The monoisotopic (exact) mass is 272 g/mol. The normalized spacial score (nSPS) is 17.1. The van der Waals surface area contributed by atoms with E-state index in [-0.39, 0.29) is 0 Å². The highest BCUT2D eigenvalue weighted by Crippen LogP contribution is 2.22. The van der Waals surface area contributed by atoms with E-state index in [0.29, 0.717) is 6.04 Å². The van der Waals surface area contributed by atoms with Gasteiger partial charge in [0.2, 0.25) is 0 Å². The van der Waals surface area contributed by atoms with E-state index in [1.165, 1.54) is 60.9 Å². The summed E-state index contributed by atoms with van der Waals surface area (Å²) < 4.78 is 0. The molecule has 0 radical (unpaired) electrons. The zero-order valence-corrected chi connectivity index (χ0v) is 13.1. The van der Waals surface area contributed by atoms with Gasteiger partial charge in [-0.1, -0.05) is 43.4 Å². The van der Waals surface area contributed by atoms with Gasteiger partial charge >= 0.3 is 0 Å². The molecule has 1 fully saturated rings. The first-order valence-corrected chi connectivity index (χ1v) is 7.92. The number of aryl methyl sites for hydroxylation is 3. The minimum atomic E-state index is 0.663. The molecule has 2 heteroatoms. The second kappa shape index (κ2) is 7.37. The summed E-state index contributed by atoms with van der Waals surface area (Å²) in [5.74, 6) is 0. The van der Waals surface area contributed by atoms with Gasteiger partial charge in [0.1, 0.15) is 0 Å². The van der Waals surface area contributed by atoms with Crippen LogP contribution in [0.2, 0.25) is 0 Å². The molecule has 0 heterocycles. The lowest BCUT2D eigenvalue weighted by molar-refractivity contribution is 0.517. The quantitative estimate of drug-likeness (QED) is 0.769. The second-order valence-corrected chi connectivity index (χ2v) is 6.11. The lowest BCUT2D eigenvalue weighted by atomic mass is 10.1. The van der Waals surface area contributed by atoms with Crippen LogP contribution in [0.25, 0.3) is 0 Å². The minimum Gasteiger partial charge on any atom is -0.387 e. The molecule has 20 heavy (non-hydrogen) atoms. The molecule has 2 N–H and O–H groups in total. The number of nitrogens with one attached hydrogen (secondary N) is 2. The van der Waals surface area contributed by atoms with Crippen molar-refractivity contribution in [1.82, 2.24) is 5.32 Å². The van der Waals surface area contributed by atoms with Crippen LogP contribution < -0.4 is 10.6 Å². The van der Waals surface area contributed by atoms with E-state index in [1.807, 2.05) is 6.20 Å². The van der Waals surface area contributed by atoms with Gasteiger partial charge in [0.25, 0.3) is 0 Å². The Morgan fingerprint density at radius 2 is 1.50 bits per heavy atom. The van der Waals surface area contributed by atoms with Gasteiger partial charge in [-0.3, -0.25) is 0 Å². The summed E-state index contributed by atoms with van der Waals surface area (Å²) in [6.45, 7) is 6.47. The van der Waals surface area contributed by atoms with E-state index < -0.39 is 0 Å². The highest BCUT2D eigenvalue weighted by atomic mass is 14.9. The number of anilines is 1. The third kappa shape index (κ3) is 4.29. The molecule has 0 amide bonds. The van der Waals surface area contributed by atoms with Gasteiger partial charge < -0.3 is 10.6 Å². The maximum absolute atomic E-state index is 3.54. The SMILES string of the molecule is Cc1cc(C)c(N/C=C\NC2CCCCCC2)c(C)c1. The summed E-state index contributed by atoms with van der Waals surface area (Å²) in [6.07, 6.45) is 12.3. The van der Waals surface area contributed by atoms with Gasteiger partial charge in [-0.15, -0.1) is 0 Å². The molecule has 0 aliphatic heterocycles. The number of hydrogen-bond donors (Lipinski definition) is 2. The summed E-state index contributed by atoms with van der Waals surface area (Å²) in [7, 11) is 0. The highest BCUT2D eigenvalue weighted by molar-refractivity contribution is 5.59. The topological polar surface area (TPSA) is 24.1 Å². The molecule has 110 valence electrons. The zero-order chi connectivity index (χ0) is 14.4. The average molecular weight is 272 g/mol. The predicted octanol–water partition coefficient (Wildman–Crippen LogP) is 4.81. The molecular formula is C18H28N2. The molecule has 0 unspecified atom stereocenters. The van der Waals surface area contributed by atoms with Gasteiger partial charge in [-0.05, 0) is 44.7 Å². The van der Waals surface area contributed by atoms with Crippen molar-refractivity contribution in [3.05, 3.63) is 41.2 Å². The molecule has 1 aromatic rings. The van der Waals surface area contributed by atoms with Crippen LogP contribution in [0.1, 0.15) is 55.2 Å². The van der Waals surface area contributed by atoms with E-state index in [4.69, 9.17) is 0 Å². The summed E-state index contributed by atoms with van der Waals surface area (Å²) in [6, 6.07) is 5.11. The first-order valence-electron chi connectivity index (χ1n) is 7.92. The second-order valence-electron chi connectivity index (χ2n) is 6.11. The molecule has 0 aromatic heterocycles. The largest absolute Gasteiger partial charge is 0.387 e. The van der Waals surface area contributed by atoms with Crippen LogP contribution >= 0.6 is 0 Å². The number of benzene rings is 1. The molecule has 0 bridgehead atoms. The first-order chi connectivity index (χ1) is 9.66. The Hall–Kier alpha value is -1.44. The molecule has 0 spiro atoms. The molecule has 1 saturated carbocycles. The molecule has 2 nitrogen and oxygen atoms in total. The van der Waals surface area contributed by atoms with E-state index in [1.54, 1.807) is 0 Å². The molecule has 2 rings (SSSR count). The van der Waals surface area contributed by atoms with Crippen molar-refractivity contribution >= 4 is 5.69 Å². The Kier molecular flexibility index (Phi) is 5.51. The van der Waals surface area contributed by atoms with Gasteiger partial charge in [0, 0.05) is 24.1 Å². The lowest BCUT2D eigenvalue weighted by Gasteiger charge is -2.15. The van der Waals surface area contributed by atoms with E-state index in [0.717, 1.165) is 0 Å². The Morgan fingerprint density at radius 1 is 0.900 bits per heavy atom. The Balaban J connectivity index is 1.87. The fraction of sp³-hybridized carbons (Fsp3) is 0.556. The van der Waals surface area contributed by atoms with Gasteiger partial charge in [-0.25, -0.2) is 0 Å². The first kappa shape index (κ1) is 15.0. The van der Waals surface area contributed by atoms with E-state index in [2.05, 4.69) is 49.7 Å². The van der Waals surface area contributed by atoms with E-state index >= 15 is 0 Å². The van der Waals surface area contributed by atoms with Crippen LogP contribution in [-0.2, 0) is 0 Å². The van der Waals surface area contributed by atoms with Crippen LogP contribution in [0.3, 0.4) is 0 Å². The standard InChI is InChI=1S/C18H28N2/c1-14-12-15(2)18(16(3)13-14)20-11-10-19-17-8-6-4-5-7-9-17/h10-13,17,19-20H,4-9H2,1-3H3/b11-10-. The molecule has 0 atom stereocenters. The molecule has 0 saturated heterocycles. The van der Waals surface area contributed by atoms with Crippen molar-refractivity contribution in [2.24, 2.45) is 0 Å². The fourth-order valence-electron chi connectivity index (χ4n) is 3.16. The van der Waals surface area contributed by atoms with E-state index in [9.17, 15) is 0 Å². The maximum Gasteiger partial charge on any atom is 0.0439 e. The van der Waals surface area contributed by atoms with Crippen LogP contribution in [0.15, 0.2) is 24.5 Å². The zero-order valence-electron chi connectivity index (χ0n) is 13.1. The maximum atomic E-state index is 3.54. The van der Waals surface area contributed by atoms with Crippen LogP contribution in [0, 0.1) is 20.8 Å². The Labute approximate surface area is 123 Å². The minimum absolute atomic E-state index is 0.663. The van der Waals surface area contributed by atoms with Crippen molar-refractivity contribution < 1.29 is 0 Å². The van der Waals surface area contributed by atoms with Crippen molar-refractivity contribution in [2.75, 3.05) is 5.32 Å². The van der Waals surface area contributed by atoms with Crippen LogP contribution in [0.4, 0.5) is 5.69 Å². The summed E-state index contributed by atoms with van der Waals surface area (Å²) in [5.41, 5.74) is 5.17. The lowest BCUT2D eigenvalue weighted by Crippen LogP contribution is -2.23. The van der Waals surface area contributed by atoms with Gasteiger partial charge in [0.05, 0.1) is 0 Å². The third-order valence-electron chi connectivity index (χ3n) is 4.18. The number of hydrogen-bond acceptors (Lipinski definition) is 2. The van der Waals surface area contributed by atoms with Crippen molar-refractivity contribution in [2.45, 2.75) is 65.3 Å². The van der Waals surface area contributed by atoms with Crippen molar-refractivity contribution in [3.63, 3.8) is 0 Å². The predicted molar refractivity (Wildman–Crippen MR) is 88.0 cm³/mol. The van der Waals surface area contributed by atoms with Crippen molar-refractivity contribution in [3.8, 4) is 0 Å². The Morgan fingerprint density at radius 3 is 2.10 bits per heavy atom. The fourth-order valence-corrected chi connectivity index (χ4v) is 3.16. The van der Waals surface area contributed by atoms with Crippen molar-refractivity contribution in [1.29, 1.82) is 0 Å². The summed E-state index contributed by atoms with van der Waals surface area (Å²) >= 11 is 0. The van der Waals surface area contributed by atoms with Gasteiger partial charge in [-0.2, -0.15) is 0 Å². The highest BCUT2D eigenvalue weighted by Gasteiger charge is 2.09. The molecule has 1 aliphatic rings. The number of rotatable bonds is 4. The van der Waals surface area contributed by atoms with Gasteiger partial charge in [0.15, 0.2) is 0 Å². The molecule has 1 aliphatic carbocycles. The molecule has 1 aromatic carbocycles. The average Bonchev–Trinajstić information content (AvgIpc) is 2.65. The summed E-state index contributed by atoms with van der Waals surface area (Å²) in [5, 5.41) is 6.96. The smallest absolute Gasteiger partial charge is 0.0439 e. The summed E-state index contributed by atoms with van der Waals surface area (Å²) in [4.78, 5) is 0. The third-order valence-corrected chi connectivity index (χ3v) is 4.18. The van der Waals surface area contributed by atoms with Crippen LogP contribution in [-0.4, -0.2) is 6.04 Å². The van der Waals surface area contributed by atoms with Crippen LogP contribution in [0.5, 0.6) is 0 Å². The molecular weight excluding hydrogens is 244 g/mol. The Bertz CT molecular complexity index is 431.